The van der Waals surface area contributed by atoms with Crippen molar-refractivity contribution < 1.29 is 4.57 Å². The first kappa shape index (κ1) is 13.0. The Hall–Kier alpha value is -2.68. The summed E-state index contributed by atoms with van der Waals surface area (Å²) in [5, 5.41) is 0. The molecule has 0 bridgehead atoms. The van der Waals surface area contributed by atoms with Gasteiger partial charge in [-0.05, 0) is 49.7 Å². The summed E-state index contributed by atoms with van der Waals surface area (Å²) in [5.74, 6) is 0. The number of fused-ring (bicyclic) bond motifs is 3. The Morgan fingerprint density at radius 2 is 1.86 bits per heavy atom. The number of hydrogen-bond acceptors (Lipinski definition) is 1. The van der Waals surface area contributed by atoms with E-state index in [-0.39, 0.29) is 0 Å². The van der Waals surface area contributed by atoms with Gasteiger partial charge in [0.05, 0.1) is 16.6 Å². The smallest absolute Gasteiger partial charge is 0.212 e. The third-order valence-electron chi connectivity index (χ3n) is 4.29. The summed E-state index contributed by atoms with van der Waals surface area (Å²) < 4.78 is 4.32. The van der Waals surface area contributed by atoms with E-state index < -0.39 is 0 Å². The van der Waals surface area contributed by atoms with Crippen molar-refractivity contribution in [3.8, 4) is 11.3 Å². The van der Waals surface area contributed by atoms with Crippen LogP contribution in [0, 0.1) is 13.8 Å². The fourth-order valence-electron chi connectivity index (χ4n) is 3.17. The highest BCUT2D eigenvalue weighted by Gasteiger charge is 2.16. The second-order valence-electron chi connectivity index (χ2n) is 5.85. The number of benzene rings is 1. The Balaban J connectivity index is 2.03. The molecule has 0 saturated heterocycles. The second-order valence-corrected chi connectivity index (χ2v) is 5.85. The first-order valence-corrected chi connectivity index (χ1v) is 7.48. The van der Waals surface area contributed by atoms with Gasteiger partial charge in [-0.15, -0.1) is 0 Å². The lowest BCUT2D eigenvalue weighted by Crippen LogP contribution is -2.31. The van der Waals surface area contributed by atoms with Crippen molar-refractivity contribution in [1.82, 2.24) is 9.38 Å². The summed E-state index contributed by atoms with van der Waals surface area (Å²) in [6.07, 6.45) is 4.22. The van der Waals surface area contributed by atoms with E-state index >= 15 is 0 Å². The fraction of sp³-hybridized carbons (Fsp3) is 0.158. The summed E-state index contributed by atoms with van der Waals surface area (Å²) in [7, 11) is 2.09. The first-order valence-electron chi connectivity index (χ1n) is 7.48. The molecule has 4 rings (SSSR count). The molecule has 0 N–H and O–H groups in total. The maximum atomic E-state index is 4.80. The largest absolute Gasteiger partial charge is 0.300 e. The molecule has 0 unspecified atom stereocenters. The van der Waals surface area contributed by atoms with Crippen LogP contribution in [0.25, 0.3) is 27.9 Å². The highest BCUT2D eigenvalue weighted by atomic mass is 15.0. The minimum absolute atomic E-state index is 0.992. The number of rotatable bonds is 1. The maximum absolute atomic E-state index is 4.80. The van der Waals surface area contributed by atoms with Crippen molar-refractivity contribution >= 4 is 16.7 Å². The van der Waals surface area contributed by atoms with Crippen molar-refractivity contribution in [2.24, 2.45) is 7.05 Å². The lowest BCUT2D eigenvalue weighted by atomic mass is 10.0. The molecular formula is C19H18N3+. The van der Waals surface area contributed by atoms with Crippen LogP contribution >= 0.6 is 0 Å². The van der Waals surface area contributed by atoms with Crippen molar-refractivity contribution in [3.63, 3.8) is 0 Å². The van der Waals surface area contributed by atoms with Gasteiger partial charge in [0.2, 0.25) is 5.69 Å². The minimum atomic E-state index is 0.992. The van der Waals surface area contributed by atoms with E-state index in [1.807, 2.05) is 18.2 Å². The van der Waals surface area contributed by atoms with E-state index in [2.05, 4.69) is 66.5 Å². The van der Waals surface area contributed by atoms with Crippen LogP contribution in [-0.2, 0) is 7.05 Å². The van der Waals surface area contributed by atoms with E-state index in [0.29, 0.717) is 0 Å². The van der Waals surface area contributed by atoms with Gasteiger partial charge in [-0.25, -0.2) is 9.55 Å². The van der Waals surface area contributed by atoms with Crippen LogP contribution in [0.5, 0.6) is 0 Å². The van der Waals surface area contributed by atoms with Gasteiger partial charge in [-0.3, -0.25) is 4.40 Å². The number of nitrogens with zero attached hydrogens (tertiary/aromatic N) is 3. The van der Waals surface area contributed by atoms with Crippen LogP contribution in [-0.4, -0.2) is 9.38 Å². The molecule has 4 aromatic rings. The summed E-state index contributed by atoms with van der Waals surface area (Å²) in [6.45, 7) is 4.27. The Morgan fingerprint density at radius 1 is 1.00 bits per heavy atom. The Kier molecular flexibility index (Phi) is 2.76. The average Bonchev–Trinajstić information content (AvgIpc) is 2.88. The van der Waals surface area contributed by atoms with Crippen LogP contribution in [0.15, 0.2) is 54.9 Å². The van der Waals surface area contributed by atoms with Crippen LogP contribution < -0.4 is 4.57 Å². The highest BCUT2D eigenvalue weighted by Crippen LogP contribution is 2.28. The number of pyridine rings is 2. The van der Waals surface area contributed by atoms with Crippen LogP contribution in [0.4, 0.5) is 0 Å². The van der Waals surface area contributed by atoms with Crippen molar-refractivity contribution in [2.75, 3.05) is 0 Å². The lowest BCUT2D eigenvalue weighted by Gasteiger charge is -2.06. The second kappa shape index (κ2) is 4.67. The molecule has 3 nitrogen and oxygen atoms in total. The Bertz CT molecular complexity index is 1010. The molecule has 0 aliphatic rings. The Labute approximate surface area is 129 Å². The molecule has 3 heteroatoms. The maximum Gasteiger partial charge on any atom is 0.212 e. The lowest BCUT2D eigenvalue weighted by molar-refractivity contribution is -0.660. The van der Waals surface area contributed by atoms with Crippen molar-refractivity contribution in [1.29, 1.82) is 0 Å². The SMILES string of the molecule is Cc1ccc(-c2ccc3c(nc4ccccn43)c2C)[n+](C)c1. The van der Waals surface area contributed by atoms with Crippen molar-refractivity contribution in [3.05, 3.63) is 66.0 Å². The van der Waals surface area contributed by atoms with Gasteiger partial charge in [0.1, 0.15) is 12.7 Å². The van der Waals surface area contributed by atoms with Gasteiger partial charge < -0.3 is 0 Å². The number of hydrogen-bond donors (Lipinski definition) is 0. The third-order valence-corrected chi connectivity index (χ3v) is 4.29. The molecule has 1 aromatic carbocycles. The van der Waals surface area contributed by atoms with E-state index in [9.17, 15) is 0 Å². The van der Waals surface area contributed by atoms with Crippen LogP contribution in [0.1, 0.15) is 11.1 Å². The van der Waals surface area contributed by atoms with Crippen LogP contribution in [0.2, 0.25) is 0 Å². The monoisotopic (exact) mass is 288 g/mol. The molecular weight excluding hydrogens is 270 g/mol. The van der Waals surface area contributed by atoms with Gasteiger partial charge in [0.15, 0.2) is 6.20 Å². The zero-order valence-corrected chi connectivity index (χ0v) is 13.0. The molecule has 0 amide bonds. The third kappa shape index (κ3) is 1.82. The quantitative estimate of drug-likeness (QED) is 0.490. The summed E-state index contributed by atoms with van der Waals surface area (Å²) in [5.41, 5.74) is 8.15. The zero-order valence-electron chi connectivity index (χ0n) is 13.0. The topological polar surface area (TPSA) is 21.2 Å². The van der Waals surface area contributed by atoms with Gasteiger partial charge >= 0.3 is 0 Å². The molecule has 0 atom stereocenters. The van der Waals surface area contributed by atoms with E-state index in [0.717, 1.165) is 16.7 Å². The van der Waals surface area contributed by atoms with E-state index in [4.69, 9.17) is 4.98 Å². The molecule has 0 saturated carbocycles. The van der Waals surface area contributed by atoms with Gasteiger partial charge in [0, 0.05) is 17.8 Å². The molecule has 108 valence electrons. The normalized spacial score (nSPS) is 11.4. The molecule has 3 aromatic heterocycles. The predicted molar refractivity (Wildman–Crippen MR) is 88.8 cm³/mol. The minimum Gasteiger partial charge on any atom is -0.300 e. The van der Waals surface area contributed by atoms with E-state index in [1.165, 1.54) is 22.4 Å². The number of aromatic nitrogens is 3. The first-order chi connectivity index (χ1) is 10.6. The van der Waals surface area contributed by atoms with Gasteiger partial charge in [0.25, 0.3) is 0 Å². The summed E-state index contributed by atoms with van der Waals surface area (Å²) >= 11 is 0. The molecule has 3 heterocycles. The standard InChI is InChI=1S/C19H18N3/c1-13-7-9-16(21(3)12-13)15-8-10-17-19(14(15)2)20-18-6-4-5-11-22(17)18/h4-12H,1-3H3/q+1. The number of imidazole rings is 1. The number of aryl methyl sites for hydroxylation is 3. The molecule has 0 aliphatic carbocycles. The van der Waals surface area contributed by atoms with Gasteiger partial charge in [-0.1, -0.05) is 6.07 Å². The molecule has 22 heavy (non-hydrogen) atoms. The van der Waals surface area contributed by atoms with Crippen LogP contribution in [0.3, 0.4) is 0 Å². The van der Waals surface area contributed by atoms with Crippen molar-refractivity contribution in [2.45, 2.75) is 13.8 Å². The fourth-order valence-corrected chi connectivity index (χ4v) is 3.17. The molecule has 0 radical (unpaired) electrons. The molecule has 0 aliphatic heterocycles. The Morgan fingerprint density at radius 3 is 2.68 bits per heavy atom. The predicted octanol–water partition coefficient (Wildman–Crippen LogP) is 3.60. The summed E-state index contributed by atoms with van der Waals surface area (Å²) in [6, 6.07) is 14.8. The molecule has 0 spiro atoms. The van der Waals surface area contributed by atoms with Gasteiger partial charge in [-0.2, -0.15) is 0 Å². The van der Waals surface area contributed by atoms with E-state index in [1.54, 1.807) is 0 Å². The summed E-state index contributed by atoms with van der Waals surface area (Å²) in [4.78, 5) is 4.80. The zero-order chi connectivity index (χ0) is 15.3. The average molecular weight is 288 g/mol. The molecule has 0 fully saturated rings. The highest BCUT2D eigenvalue weighted by molar-refractivity contribution is 5.88.